The Morgan fingerprint density at radius 3 is 2.50 bits per heavy atom. The molecule has 0 heterocycles. The van der Waals surface area contributed by atoms with Crippen molar-refractivity contribution in [2.75, 3.05) is 6.54 Å². The Morgan fingerprint density at radius 1 is 1.70 bits per heavy atom. The third-order valence-corrected chi connectivity index (χ3v) is 0.886. The lowest BCUT2D eigenvalue weighted by Gasteiger charge is -2.03. The molecule has 0 radical (unpaired) electrons. The summed E-state index contributed by atoms with van der Waals surface area (Å²) in [5.41, 5.74) is 13.2. The summed E-state index contributed by atoms with van der Waals surface area (Å²) in [5, 5.41) is 10.0. The smallest absolute Gasteiger partial charge is 0.339 e. The molecule has 0 amide bonds. The normalized spacial score (nSPS) is 12.1. The highest BCUT2D eigenvalue weighted by Gasteiger charge is 2.05. The van der Waals surface area contributed by atoms with Crippen LogP contribution in [-0.4, -0.2) is 24.5 Å². The summed E-state index contributed by atoms with van der Waals surface area (Å²) in [4.78, 5) is 12.4. The first-order valence-electron chi connectivity index (χ1n) is 2.69. The standard InChI is InChI=1S/C4H10N4O2/c5-2(3(9)10)1-8-4(6)7/h2H,1,5H2,(H,9,10)(H4,6,7,8)/p+1/t2-/m0/s1. The monoisotopic (exact) mass is 147 g/mol. The van der Waals surface area contributed by atoms with Crippen molar-refractivity contribution in [2.45, 2.75) is 6.04 Å². The van der Waals surface area contributed by atoms with Crippen molar-refractivity contribution in [3.63, 3.8) is 0 Å². The van der Waals surface area contributed by atoms with Crippen LogP contribution in [-0.2, 0) is 4.79 Å². The molecular formula is C4H11N4O2+. The van der Waals surface area contributed by atoms with Gasteiger partial charge in [-0.15, -0.1) is 0 Å². The maximum Gasteiger partial charge on any atom is 0.339 e. The van der Waals surface area contributed by atoms with E-state index in [9.17, 15) is 9.90 Å². The van der Waals surface area contributed by atoms with Crippen LogP contribution < -0.4 is 27.3 Å². The summed E-state index contributed by atoms with van der Waals surface area (Å²) >= 11 is 0. The molecule has 0 aliphatic rings. The van der Waals surface area contributed by atoms with Gasteiger partial charge in [-0.05, 0) is 0 Å². The number of hydrogen-bond donors (Lipinski definition) is 4. The molecule has 6 heteroatoms. The fourth-order valence-corrected chi connectivity index (χ4v) is 0.324. The van der Waals surface area contributed by atoms with Gasteiger partial charge in [-0.1, -0.05) is 0 Å². The number of rotatable bonds is 3. The summed E-state index contributed by atoms with van der Waals surface area (Å²) in [6, 6.07) is -0.831. The van der Waals surface area contributed by atoms with E-state index in [0.29, 0.717) is 0 Å². The van der Waals surface area contributed by atoms with E-state index in [1.165, 1.54) is 0 Å². The van der Waals surface area contributed by atoms with Crippen LogP contribution in [0.3, 0.4) is 0 Å². The summed E-state index contributed by atoms with van der Waals surface area (Å²) in [6.45, 7) is 0.0880. The van der Waals surface area contributed by atoms with Gasteiger partial charge in [0.15, 0.2) is 6.04 Å². The quantitative estimate of drug-likeness (QED) is 0.233. The van der Waals surface area contributed by atoms with Crippen molar-refractivity contribution in [3.8, 4) is 0 Å². The molecule has 0 aliphatic heterocycles. The molecule has 0 saturated carbocycles. The van der Waals surface area contributed by atoms with Crippen LogP contribution in [0.1, 0.15) is 0 Å². The Bertz CT molecular complexity index is 151. The van der Waals surface area contributed by atoms with Gasteiger partial charge in [0.05, 0.1) is 0 Å². The van der Waals surface area contributed by atoms with Gasteiger partial charge in [-0.2, -0.15) is 0 Å². The van der Waals surface area contributed by atoms with E-state index in [0.717, 1.165) is 0 Å². The first-order valence-corrected chi connectivity index (χ1v) is 2.69. The minimum Gasteiger partial charge on any atom is -0.544 e. The van der Waals surface area contributed by atoms with Crippen molar-refractivity contribution >= 4 is 11.9 Å². The van der Waals surface area contributed by atoms with Gasteiger partial charge in [0, 0.05) is 0 Å². The van der Waals surface area contributed by atoms with Crippen LogP contribution in [0, 0.1) is 0 Å². The van der Waals surface area contributed by atoms with Gasteiger partial charge in [0.25, 0.3) is 0 Å². The second kappa shape index (κ2) is 3.67. The van der Waals surface area contributed by atoms with Crippen LogP contribution in [0.25, 0.3) is 0 Å². The zero-order valence-corrected chi connectivity index (χ0v) is 5.46. The molecule has 0 aromatic rings. The summed E-state index contributed by atoms with van der Waals surface area (Å²) < 4.78 is 0. The number of nitrogens with one attached hydrogen (secondary N) is 1. The molecule has 0 unspecified atom stereocenters. The maximum absolute atomic E-state index is 10.0. The number of guanidine groups is 1. The van der Waals surface area contributed by atoms with Gasteiger partial charge in [0.1, 0.15) is 12.5 Å². The lowest BCUT2D eigenvalue weighted by atomic mass is 10.3. The predicted octanol–water partition coefficient (Wildman–Crippen LogP) is -6.30. The number of carbonyl (C=O) groups excluding carboxylic acids is 1. The molecule has 0 aliphatic carbocycles. The van der Waals surface area contributed by atoms with Crippen LogP contribution in [0.2, 0.25) is 0 Å². The Labute approximate surface area is 57.7 Å². The molecule has 0 aromatic heterocycles. The highest BCUT2D eigenvalue weighted by Crippen LogP contribution is 1.58. The Hall–Kier alpha value is -1.30. The second-order valence-corrected chi connectivity index (χ2v) is 1.85. The van der Waals surface area contributed by atoms with Crippen molar-refractivity contribution in [3.05, 3.63) is 0 Å². The topological polar surface area (TPSA) is 134 Å². The predicted molar refractivity (Wildman–Crippen MR) is 30.9 cm³/mol. The average molecular weight is 147 g/mol. The lowest BCUT2D eigenvalue weighted by molar-refractivity contribution is -0.535. The fourth-order valence-electron chi connectivity index (χ4n) is 0.324. The molecule has 0 fully saturated rings. The Balaban J connectivity index is 3.70. The highest BCUT2D eigenvalue weighted by atomic mass is 16.4. The van der Waals surface area contributed by atoms with Crippen LogP contribution in [0.5, 0.6) is 0 Å². The molecule has 0 bridgehead atoms. The first-order chi connectivity index (χ1) is 4.54. The van der Waals surface area contributed by atoms with Gasteiger partial charge in [0.2, 0.25) is 0 Å². The van der Waals surface area contributed by atoms with Gasteiger partial charge in [-0.3, -0.25) is 16.5 Å². The Morgan fingerprint density at radius 2 is 2.20 bits per heavy atom. The van der Waals surface area contributed by atoms with Crippen LogP contribution >= 0.6 is 0 Å². The van der Waals surface area contributed by atoms with E-state index in [-0.39, 0.29) is 12.5 Å². The molecule has 0 saturated heterocycles. The SMILES string of the molecule is NC(N)=[NH+]C[C@H]([NH3+])C(=O)[O-]. The summed E-state index contributed by atoms with van der Waals surface area (Å²) in [7, 11) is 0. The van der Waals surface area contributed by atoms with Crippen molar-refractivity contribution in [1.29, 1.82) is 0 Å². The van der Waals surface area contributed by atoms with Crippen molar-refractivity contribution in [2.24, 2.45) is 11.5 Å². The third kappa shape index (κ3) is 3.67. The second-order valence-electron chi connectivity index (χ2n) is 1.85. The number of carboxylic acid groups (broad SMARTS) is 1. The Kier molecular flexibility index (Phi) is 3.20. The van der Waals surface area contributed by atoms with Gasteiger partial charge < -0.3 is 15.6 Å². The zero-order chi connectivity index (χ0) is 8.15. The molecular weight excluding hydrogens is 136 g/mol. The number of quaternary nitrogens is 1. The number of hydrogen-bond acceptors (Lipinski definition) is 2. The maximum atomic E-state index is 10.0. The number of nitrogens with two attached hydrogens (primary N) is 2. The number of carbonyl (C=O) groups is 1. The molecule has 6 nitrogen and oxygen atoms in total. The number of aliphatic carboxylic acids is 1. The van der Waals surface area contributed by atoms with Crippen LogP contribution in [0.15, 0.2) is 0 Å². The number of carboxylic acids is 1. The molecule has 58 valence electrons. The molecule has 10 heavy (non-hydrogen) atoms. The van der Waals surface area contributed by atoms with E-state index < -0.39 is 12.0 Å². The molecule has 0 rings (SSSR count). The van der Waals surface area contributed by atoms with Crippen molar-refractivity contribution in [1.82, 2.24) is 0 Å². The zero-order valence-electron chi connectivity index (χ0n) is 5.46. The van der Waals surface area contributed by atoms with Gasteiger partial charge in [-0.25, -0.2) is 0 Å². The third-order valence-electron chi connectivity index (χ3n) is 0.886. The van der Waals surface area contributed by atoms with Gasteiger partial charge >= 0.3 is 5.96 Å². The van der Waals surface area contributed by atoms with E-state index in [1.54, 1.807) is 0 Å². The van der Waals surface area contributed by atoms with Crippen molar-refractivity contribution < 1.29 is 20.6 Å². The van der Waals surface area contributed by atoms with E-state index >= 15 is 0 Å². The summed E-state index contributed by atoms with van der Waals surface area (Å²) in [5.74, 6) is -1.25. The largest absolute Gasteiger partial charge is 0.544 e. The van der Waals surface area contributed by atoms with Crippen LogP contribution in [0.4, 0.5) is 0 Å². The minimum atomic E-state index is -1.23. The molecule has 0 spiro atoms. The average Bonchev–Trinajstić information content (AvgIpc) is 1.82. The highest BCUT2D eigenvalue weighted by molar-refractivity contribution is 5.70. The lowest BCUT2D eigenvalue weighted by Crippen LogP contribution is -2.87. The molecule has 0 aromatic carbocycles. The summed E-state index contributed by atoms with van der Waals surface area (Å²) in [6.07, 6.45) is 0. The van der Waals surface area contributed by atoms with E-state index in [2.05, 4.69) is 10.7 Å². The molecule has 1 atom stereocenters. The molecule has 8 N–H and O–H groups in total. The van der Waals surface area contributed by atoms with E-state index in [4.69, 9.17) is 11.5 Å². The minimum absolute atomic E-state index is 0.0186. The first kappa shape index (κ1) is 8.70. The fraction of sp³-hybridized carbons (Fsp3) is 0.500. The van der Waals surface area contributed by atoms with E-state index in [1.807, 2.05) is 0 Å².